The molecular weight excluding hydrogens is 243 g/mol. The Balaban J connectivity index is 0.00000324. The first-order valence-electron chi connectivity index (χ1n) is 5.84. The fourth-order valence-electron chi connectivity index (χ4n) is 1.30. The average molecular weight is 265 g/mol. The van der Waals surface area contributed by atoms with Crippen LogP contribution in [0.2, 0.25) is 0 Å². The Morgan fingerprint density at radius 3 is 1.89 bits per heavy atom. The maximum atomic E-state index is 10.1. The molecule has 0 bridgehead atoms. The highest BCUT2D eigenvalue weighted by molar-refractivity contribution is 5.75. The minimum Gasteiger partial charge on any atom is -0.493 e. The second-order valence-electron chi connectivity index (χ2n) is 5.19. The third-order valence-electron chi connectivity index (χ3n) is 3.20. The first-order chi connectivity index (χ1) is 8.21. The lowest BCUT2D eigenvalue weighted by atomic mass is 9.89. The number of rotatable bonds is 5. The van der Waals surface area contributed by atoms with Gasteiger partial charge in [0.2, 0.25) is 0 Å². The van der Waals surface area contributed by atoms with E-state index in [4.69, 9.17) is 14.2 Å². The van der Waals surface area contributed by atoms with Crippen LogP contribution in [-0.2, 0) is 0 Å². The number of ether oxygens (including phenoxy) is 3. The SMILES string of the molecule is COc1ccc(OC(C)(C)C(C)(C)O)cc1OC.[B]. The third kappa shape index (κ3) is 4.06. The predicted octanol–water partition coefficient (Wildman–Crippen LogP) is 2.25. The molecule has 0 amide bonds. The molecule has 1 aromatic rings. The van der Waals surface area contributed by atoms with Gasteiger partial charge in [0.25, 0.3) is 0 Å². The van der Waals surface area contributed by atoms with Crippen LogP contribution in [-0.4, -0.2) is 38.9 Å². The van der Waals surface area contributed by atoms with Crippen molar-refractivity contribution in [3.63, 3.8) is 0 Å². The van der Waals surface area contributed by atoms with Gasteiger partial charge in [0.05, 0.1) is 19.8 Å². The third-order valence-corrected chi connectivity index (χ3v) is 3.20. The van der Waals surface area contributed by atoms with Gasteiger partial charge in [0.15, 0.2) is 11.5 Å². The topological polar surface area (TPSA) is 47.9 Å². The number of aliphatic hydroxyl groups is 1. The summed E-state index contributed by atoms with van der Waals surface area (Å²) in [6.07, 6.45) is 0. The van der Waals surface area contributed by atoms with E-state index < -0.39 is 11.2 Å². The fourth-order valence-corrected chi connectivity index (χ4v) is 1.30. The Hall–Kier alpha value is -1.36. The highest BCUT2D eigenvalue weighted by Crippen LogP contribution is 2.34. The van der Waals surface area contributed by atoms with E-state index in [0.717, 1.165) is 0 Å². The van der Waals surface area contributed by atoms with E-state index in [1.807, 2.05) is 13.8 Å². The molecule has 105 valence electrons. The van der Waals surface area contributed by atoms with Gasteiger partial charge in [0.1, 0.15) is 11.4 Å². The molecule has 0 saturated heterocycles. The molecule has 0 unspecified atom stereocenters. The molecular formula is C14H22BO4. The molecule has 0 heterocycles. The van der Waals surface area contributed by atoms with Crippen molar-refractivity contribution in [3.05, 3.63) is 18.2 Å². The Labute approximate surface area is 117 Å². The Morgan fingerprint density at radius 2 is 1.47 bits per heavy atom. The summed E-state index contributed by atoms with van der Waals surface area (Å²) in [4.78, 5) is 0. The van der Waals surface area contributed by atoms with Crippen LogP contribution in [0.25, 0.3) is 0 Å². The molecule has 4 nitrogen and oxygen atoms in total. The van der Waals surface area contributed by atoms with Crippen LogP contribution < -0.4 is 14.2 Å². The normalized spacial score (nSPS) is 11.5. The summed E-state index contributed by atoms with van der Waals surface area (Å²) in [5, 5.41) is 10.1. The van der Waals surface area contributed by atoms with Gasteiger partial charge in [-0.1, -0.05) is 0 Å². The number of benzene rings is 1. The first-order valence-corrected chi connectivity index (χ1v) is 5.84. The van der Waals surface area contributed by atoms with Gasteiger partial charge in [0, 0.05) is 14.5 Å². The van der Waals surface area contributed by atoms with E-state index in [0.29, 0.717) is 17.2 Å². The van der Waals surface area contributed by atoms with E-state index in [-0.39, 0.29) is 8.41 Å². The van der Waals surface area contributed by atoms with Gasteiger partial charge in [-0.3, -0.25) is 0 Å². The molecule has 0 aliphatic rings. The van der Waals surface area contributed by atoms with Gasteiger partial charge < -0.3 is 19.3 Å². The molecule has 1 N–H and O–H groups in total. The van der Waals surface area contributed by atoms with Crippen molar-refractivity contribution >= 4 is 8.41 Å². The standard InChI is InChI=1S/C14H22O4.B/c1-13(2,15)14(3,4)18-10-7-8-11(16-5)12(9-10)17-6;/h7-9,15H,1-6H3;. The second kappa shape index (κ2) is 6.19. The summed E-state index contributed by atoms with van der Waals surface area (Å²) in [5.74, 6) is 1.87. The van der Waals surface area contributed by atoms with Gasteiger partial charge in [-0.2, -0.15) is 0 Å². The highest BCUT2D eigenvalue weighted by Gasteiger charge is 2.37. The van der Waals surface area contributed by atoms with Gasteiger partial charge >= 0.3 is 0 Å². The molecule has 0 aliphatic carbocycles. The molecule has 3 radical (unpaired) electrons. The lowest BCUT2D eigenvalue weighted by Crippen LogP contribution is -2.49. The van der Waals surface area contributed by atoms with Crippen LogP contribution in [0.1, 0.15) is 27.7 Å². The van der Waals surface area contributed by atoms with E-state index in [9.17, 15) is 5.11 Å². The van der Waals surface area contributed by atoms with Crippen molar-refractivity contribution in [1.29, 1.82) is 0 Å². The zero-order chi connectivity index (χ0) is 14.0. The van der Waals surface area contributed by atoms with Crippen LogP contribution in [0, 0.1) is 0 Å². The van der Waals surface area contributed by atoms with E-state index in [2.05, 4.69) is 0 Å². The molecule has 0 spiro atoms. The summed E-state index contributed by atoms with van der Waals surface area (Å²) < 4.78 is 16.2. The first kappa shape index (κ1) is 17.6. The van der Waals surface area contributed by atoms with Crippen LogP contribution >= 0.6 is 0 Å². The molecule has 0 saturated carbocycles. The zero-order valence-corrected chi connectivity index (χ0v) is 12.5. The molecule has 19 heavy (non-hydrogen) atoms. The van der Waals surface area contributed by atoms with E-state index in [1.165, 1.54) is 0 Å². The molecule has 0 aromatic heterocycles. The zero-order valence-electron chi connectivity index (χ0n) is 12.5. The van der Waals surface area contributed by atoms with Crippen molar-refractivity contribution in [2.45, 2.75) is 38.9 Å². The van der Waals surface area contributed by atoms with Crippen molar-refractivity contribution in [3.8, 4) is 17.2 Å². The van der Waals surface area contributed by atoms with E-state index in [1.54, 1.807) is 46.3 Å². The Morgan fingerprint density at radius 1 is 0.947 bits per heavy atom. The van der Waals surface area contributed by atoms with Gasteiger partial charge in [-0.05, 0) is 39.8 Å². The predicted molar refractivity (Wildman–Crippen MR) is 76.3 cm³/mol. The number of methoxy groups -OCH3 is 2. The minimum absolute atomic E-state index is 0. The Bertz CT molecular complexity index is 410. The van der Waals surface area contributed by atoms with E-state index >= 15 is 0 Å². The monoisotopic (exact) mass is 265 g/mol. The minimum atomic E-state index is -0.958. The summed E-state index contributed by atoms with van der Waals surface area (Å²) in [6.45, 7) is 7.11. The van der Waals surface area contributed by atoms with Crippen LogP contribution in [0.15, 0.2) is 18.2 Å². The van der Waals surface area contributed by atoms with Crippen LogP contribution in [0.5, 0.6) is 17.2 Å². The fraction of sp³-hybridized carbons (Fsp3) is 0.571. The molecule has 1 aromatic carbocycles. The Kier molecular flexibility index (Phi) is 5.75. The molecule has 0 atom stereocenters. The lowest BCUT2D eigenvalue weighted by molar-refractivity contribution is -0.0907. The smallest absolute Gasteiger partial charge is 0.164 e. The summed E-state index contributed by atoms with van der Waals surface area (Å²) >= 11 is 0. The summed E-state index contributed by atoms with van der Waals surface area (Å²) in [7, 11) is 3.15. The van der Waals surface area contributed by atoms with Crippen LogP contribution in [0.4, 0.5) is 0 Å². The van der Waals surface area contributed by atoms with Gasteiger partial charge in [-0.15, -0.1) is 0 Å². The summed E-state index contributed by atoms with van der Waals surface area (Å²) in [6, 6.07) is 5.30. The van der Waals surface area contributed by atoms with Crippen molar-refractivity contribution in [2.75, 3.05) is 14.2 Å². The molecule has 1 rings (SSSR count). The maximum Gasteiger partial charge on any atom is 0.164 e. The highest BCUT2D eigenvalue weighted by atomic mass is 16.5. The largest absolute Gasteiger partial charge is 0.493 e. The van der Waals surface area contributed by atoms with Gasteiger partial charge in [-0.25, -0.2) is 0 Å². The second-order valence-corrected chi connectivity index (χ2v) is 5.19. The van der Waals surface area contributed by atoms with Crippen molar-refractivity contribution < 1.29 is 19.3 Å². The van der Waals surface area contributed by atoms with Crippen LogP contribution in [0.3, 0.4) is 0 Å². The lowest BCUT2D eigenvalue weighted by Gasteiger charge is -2.37. The van der Waals surface area contributed by atoms with Crippen molar-refractivity contribution in [1.82, 2.24) is 0 Å². The number of hydrogen-bond donors (Lipinski definition) is 1. The average Bonchev–Trinajstić information content (AvgIpc) is 2.26. The molecule has 5 heteroatoms. The quantitative estimate of drug-likeness (QED) is 0.829. The molecule has 0 fully saturated rings. The molecule has 0 aliphatic heterocycles. The maximum absolute atomic E-state index is 10.1. The summed E-state index contributed by atoms with van der Waals surface area (Å²) in [5.41, 5.74) is -1.67. The van der Waals surface area contributed by atoms with Crippen molar-refractivity contribution in [2.24, 2.45) is 0 Å². The number of hydrogen-bond acceptors (Lipinski definition) is 4.